The van der Waals surface area contributed by atoms with Gasteiger partial charge in [0.1, 0.15) is 0 Å². The van der Waals surface area contributed by atoms with Crippen LogP contribution < -0.4 is 20.1 Å². The summed E-state index contributed by atoms with van der Waals surface area (Å²) in [6.45, 7) is 9.44. The van der Waals surface area contributed by atoms with E-state index in [0.717, 1.165) is 55.8 Å². The highest BCUT2D eigenvalue weighted by Crippen LogP contribution is 2.36. The van der Waals surface area contributed by atoms with E-state index in [2.05, 4.69) is 17.6 Å². The van der Waals surface area contributed by atoms with Crippen molar-refractivity contribution in [3.63, 3.8) is 0 Å². The van der Waals surface area contributed by atoms with E-state index in [1.54, 1.807) is 0 Å². The molecule has 0 unspecified atom stereocenters. The predicted octanol–water partition coefficient (Wildman–Crippen LogP) is 5.36. The Labute approximate surface area is 196 Å². The first-order valence-corrected chi connectivity index (χ1v) is 11.6. The van der Waals surface area contributed by atoms with E-state index < -0.39 is 0 Å². The molecule has 6 nitrogen and oxygen atoms in total. The van der Waals surface area contributed by atoms with Gasteiger partial charge in [-0.3, -0.25) is 4.79 Å². The third kappa shape index (κ3) is 9.47. The summed E-state index contributed by atoms with van der Waals surface area (Å²) in [6, 6.07) is 11.3. The molecule has 0 heterocycles. The molecule has 2 aromatic carbocycles. The fraction of sp³-hybridized carbons (Fsp3) is 0.480. The van der Waals surface area contributed by atoms with Crippen molar-refractivity contribution >= 4 is 23.2 Å². The van der Waals surface area contributed by atoms with Crippen molar-refractivity contribution in [2.75, 3.05) is 38.3 Å². The predicted molar refractivity (Wildman–Crippen MR) is 130 cm³/mol. The van der Waals surface area contributed by atoms with E-state index >= 15 is 0 Å². The fourth-order valence-corrected chi connectivity index (χ4v) is 3.27. The lowest BCUT2D eigenvalue weighted by Gasteiger charge is -2.15. The lowest BCUT2D eigenvalue weighted by atomic mass is 10.2. The number of amides is 1. The number of rotatable bonds is 15. The Kier molecular flexibility index (Phi) is 11.9. The molecule has 0 aliphatic heterocycles. The Bertz CT molecular complexity index is 827. The second kappa shape index (κ2) is 14.7. The summed E-state index contributed by atoms with van der Waals surface area (Å²) in [6.07, 6.45) is 3.21. The van der Waals surface area contributed by atoms with Gasteiger partial charge in [-0.05, 0) is 63.1 Å². The van der Waals surface area contributed by atoms with Crippen LogP contribution in [0, 0.1) is 6.92 Å². The number of anilines is 1. The van der Waals surface area contributed by atoms with E-state index in [-0.39, 0.29) is 12.5 Å². The van der Waals surface area contributed by atoms with Gasteiger partial charge in [-0.15, -0.1) is 0 Å². The van der Waals surface area contributed by atoms with Crippen LogP contribution in [0.15, 0.2) is 36.4 Å². The summed E-state index contributed by atoms with van der Waals surface area (Å²) in [7, 11) is 0. The van der Waals surface area contributed by atoms with Crippen molar-refractivity contribution in [1.29, 1.82) is 0 Å². The highest BCUT2D eigenvalue weighted by molar-refractivity contribution is 6.32. The Morgan fingerprint density at radius 1 is 1.03 bits per heavy atom. The molecule has 7 heteroatoms. The molecule has 0 aliphatic rings. The molecular formula is C25H35ClN2O4. The molecule has 0 saturated carbocycles. The summed E-state index contributed by atoms with van der Waals surface area (Å²) < 4.78 is 17.0. The minimum atomic E-state index is -0.265. The van der Waals surface area contributed by atoms with Gasteiger partial charge in [-0.1, -0.05) is 42.6 Å². The SMILES string of the molecule is CCCCOCCCNCc1cc(Cl)c(OCC(=O)Nc2ccc(C)cc2)c(OCC)c1. The molecule has 32 heavy (non-hydrogen) atoms. The highest BCUT2D eigenvalue weighted by atomic mass is 35.5. The zero-order valence-electron chi connectivity index (χ0n) is 19.3. The van der Waals surface area contributed by atoms with Gasteiger partial charge in [0.15, 0.2) is 18.1 Å². The Morgan fingerprint density at radius 3 is 2.50 bits per heavy atom. The largest absolute Gasteiger partial charge is 0.490 e. The van der Waals surface area contributed by atoms with Crippen LogP contribution in [0.1, 0.15) is 44.2 Å². The van der Waals surface area contributed by atoms with Gasteiger partial charge >= 0.3 is 0 Å². The molecule has 0 bridgehead atoms. The average Bonchev–Trinajstić information content (AvgIpc) is 2.77. The van der Waals surface area contributed by atoms with Crippen LogP contribution in [0.5, 0.6) is 11.5 Å². The van der Waals surface area contributed by atoms with Gasteiger partial charge in [0.2, 0.25) is 0 Å². The van der Waals surface area contributed by atoms with Crippen LogP contribution in [0.4, 0.5) is 5.69 Å². The van der Waals surface area contributed by atoms with Gasteiger partial charge in [-0.2, -0.15) is 0 Å². The standard InChI is InChI=1S/C25H35ClN2O4/c1-4-6-13-30-14-7-12-27-17-20-15-22(26)25(23(16-20)31-5-2)32-18-24(29)28-21-10-8-19(3)9-11-21/h8-11,15-16,27H,4-7,12-14,17-18H2,1-3H3,(H,28,29). The van der Waals surface area contributed by atoms with Gasteiger partial charge in [0.05, 0.1) is 11.6 Å². The van der Waals surface area contributed by atoms with Gasteiger partial charge in [0.25, 0.3) is 5.91 Å². The number of nitrogens with one attached hydrogen (secondary N) is 2. The second-order valence-electron chi connectivity index (χ2n) is 7.54. The Morgan fingerprint density at radius 2 is 1.78 bits per heavy atom. The third-order valence-corrected chi connectivity index (χ3v) is 4.95. The third-order valence-electron chi connectivity index (χ3n) is 4.67. The molecule has 0 radical (unpaired) electrons. The molecule has 2 aromatic rings. The second-order valence-corrected chi connectivity index (χ2v) is 7.94. The first kappa shape index (κ1) is 26.0. The maximum absolute atomic E-state index is 12.3. The molecule has 0 saturated heterocycles. The van der Waals surface area contributed by atoms with Crippen LogP contribution >= 0.6 is 11.6 Å². The lowest BCUT2D eigenvalue weighted by molar-refractivity contribution is -0.118. The maximum Gasteiger partial charge on any atom is 0.262 e. The normalized spacial score (nSPS) is 10.8. The van der Waals surface area contributed by atoms with E-state index in [1.807, 2.05) is 50.2 Å². The van der Waals surface area contributed by atoms with E-state index in [1.165, 1.54) is 0 Å². The van der Waals surface area contributed by atoms with Crippen molar-refractivity contribution < 1.29 is 19.0 Å². The molecule has 0 aliphatic carbocycles. The first-order valence-electron chi connectivity index (χ1n) is 11.3. The van der Waals surface area contributed by atoms with Crippen molar-refractivity contribution in [1.82, 2.24) is 5.32 Å². The van der Waals surface area contributed by atoms with Gasteiger partial charge < -0.3 is 24.8 Å². The molecule has 0 fully saturated rings. The Balaban J connectivity index is 1.86. The topological polar surface area (TPSA) is 68.8 Å². The Hall–Kier alpha value is -2.28. The zero-order chi connectivity index (χ0) is 23.2. The number of hydrogen-bond donors (Lipinski definition) is 2. The van der Waals surface area contributed by atoms with Crippen molar-refractivity contribution in [2.24, 2.45) is 0 Å². The number of unbranched alkanes of at least 4 members (excludes halogenated alkanes) is 1. The summed E-state index contributed by atoms with van der Waals surface area (Å²) in [5, 5.41) is 6.62. The van der Waals surface area contributed by atoms with E-state index in [0.29, 0.717) is 29.7 Å². The molecule has 0 atom stereocenters. The fourth-order valence-electron chi connectivity index (χ4n) is 2.98. The van der Waals surface area contributed by atoms with Crippen molar-refractivity contribution in [3.8, 4) is 11.5 Å². The van der Waals surface area contributed by atoms with Crippen LogP contribution in [0.25, 0.3) is 0 Å². The number of benzene rings is 2. The molecule has 0 aromatic heterocycles. The number of hydrogen-bond acceptors (Lipinski definition) is 5. The van der Waals surface area contributed by atoms with Gasteiger partial charge in [-0.25, -0.2) is 0 Å². The molecule has 2 rings (SSSR count). The minimum absolute atomic E-state index is 0.163. The summed E-state index contributed by atoms with van der Waals surface area (Å²) in [5.41, 5.74) is 2.83. The van der Waals surface area contributed by atoms with Gasteiger partial charge in [0, 0.05) is 25.4 Å². The van der Waals surface area contributed by atoms with Crippen LogP contribution in [-0.2, 0) is 16.1 Å². The number of aryl methyl sites for hydroxylation is 1. The molecular weight excluding hydrogens is 428 g/mol. The summed E-state index contributed by atoms with van der Waals surface area (Å²) >= 11 is 6.46. The summed E-state index contributed by atoms with van der Waals surface area (Å²) in [5.74, 6) is 0.641. The average molecular weight is 463 g/mol. The van der Waals surface area contributed by atoms with Crippen molar-refractivity contribution in [2.45, 2.75) is 46.6 Å². The zero-order valence-corrected chi connectivity index (χ0v) is 20.1. The van der Waals surface area contributed by atoms with E-state index in [9.17, 15) is 4.79 Å². The smallest absolute Gasteiger partial charge is 0.262 e. The maximum atomic E-state index is 12.3. The first-order chi connectivity index (χ1) is 15.5. The number of ether oxygens (including phenoxy) is 3. The van der Waals surface area contributed by atoms with Crippen LogP contribution in [0.2, 0.25) is 5.02 Å². The molecule has 0 spiro atoms. The number of carbonyl (C=O) groups excluding carboxylic acids is 1. The minimum Gasteiger partial charge on any atom is -0.490 e. The lowest BCUT2D eigenvalue weighted by Crippen LogP contribution is -2.20. The van der Waals surface area contributed by atoms with Crippen LogP contribution in [0.3, 0.4) is 0 Å². The number of carbonyl (C=O) groups is 1. The highest BCUT2D eigenvalue weighted by Gasteiger charge is 2.14. The van der Waals surface area contributed by atoms with Crippen LogP contribution in [-0.4, -0.2) is 38.9 Å². The monoisotopic (exact) mass is 462 g/mol. The molecule has 2 N–H and O–H groups in total. The van der Waals surface area contributed by atoms with E-state index in [4.69, 9.17) is 25.8 Å². The van der Waals surface area contributed by atoms with Crippen molar-refractivity contribution in [3.05, 3.63) is 52.5 Å². The number of halogens is 1. The summed E-state index contributed by atoms with van der Waals surface area (Å²) in [4.78, 5) is 12.3. The molecule has 176 valence electrons. The molecule has 1 amide bonds. The quantitative estimate of drug-likeness (QED) is 0.349.